The smallest absolute Gasteiger partial charge is 0.268 e. The molecule has 0 aliphatic heterocycles. The zero-order valence-corrected chi connectivity index (χ0v) is 48.2. The number of imidazole rings is 1. The van der Waals surface area contributed by atoms with Gasteiger partial charge in [-0.15, -0.1) is 29.7 Å². The van der Waals surface area contributed by atoms with Crippen molar-refractivity contribution in [1.82, 2.24) is 14.1 Å². The molecule has 7 aromatic carbocycles. The third-order valence-electron chi connectivity index (χ3n) is 17.7. The number of hydrogen-bond donors (Lipinski definition) is 0. The first kappa shape index (κ1) is 27.4. The molecule has 10 aromatic rings. The van der Waals surface area contributed by atoms with Gasteiger partial charge in [0.15, 0.2) is 0 Å². The number of pyridine rings is 1. The second-order valence-corrected chi connectivity index (χ2v) is 24.5. The van der Waals surface area contributed by atoms with Crippen molar-refractivity contribution in [2.75, 3.05) is 0 Å². The number of hydrogen-bond acceptors (Lipinski definition) is 2. The second kappa shape index (κ2) is 19.5. The summed E-state index contributed by atoms with van der Waals surface area (Å²) in [5, 5.41) is 1.63. The molecule has 0 N–H and O–H groups in total. The van der Waals surface area contributed by atoms with Gasteiger partial charge in [0.2, 0.25) is 0 Å². The van der Waals surface area contributed by atoms with Crippen molar-refractivity contribution < 1.29 is 82.5 Å². The number of nitrogens with zero attached hydrogens (tertiary/aromatic N) is 4. The number of rotatable bonds is 8. The molecule has 6 aliphatic carbocycles. The normalized spacial score (nSPS) is 32.7. The Morgan fingerprint density at radius 3 is 1.80 bits per heavy atom. The Labute approximate surface area is 566 Å². The molecule has 6 heteroatoms. The molecule has 84 heavy (non-hydrogen) atoms. The van der Waals surface area contributed by atoms with Crippen LogP contribution < -0.4 is 9.30 Å². The number of aromatic nitrogens is 4. The van der Waals surface area contributed by atoms with E-state index in [1.54, 1.807) is 12.3 Å². The molecule has 4 fully saturated rings. The van der Waals surface area contributed by atoms with Gasteiger partial charge in [0.1, 0.15) is 5.82 Å². The molecule has 430 valence electrons. The molecule has 0 unspecified atom stereocenters. The van der Waals surface area contributed by atoms with Crippen molar-refractivity contribution in [3.63, 3.8) is 0 Å². The quantitative estimate of drug-likeness (QED) is 0.112. The molecule has 4 saturated carbocycles. The molecular formula is C78H80N4OPt-2. The third kappa shape index (κ3) is 9.01. The summed E-state index contributed by atoms with van der Waals surface area (Å²) in [6.07, 6.45) is -11.7. The summed E-state index contributed by atoms with van der Waals surface area (Å²) in [4.78, 5) is 4.78. The Hall–Kier alpha value is -6.55. The predicted octanol–water partition coefficient (Wildman–Crippen LogP) is 19.4. The third-order valence-corrected chi connectivity index (χ3v) is 17.7. The minimum absolute atomic E-state index is 0. The van der Waals surface area contributed by atoms with Crippen molar-refractivity contribution in [3.05, 3.63) is 197 Å². The molecule has 6 aliphatic rings. The van der Waals surface area contributed by atoms with Gasteiger partial charge in [-0.05, 0) is 199 Å². The zero-order chi connectivity index (χ0) is 89.6. The first-order valence-corrected chi connectivity index (χ1v) is 27.8. The maximum Gasteiger partial charge on any atom is 0.268 e. The van der Waals surface area contributed by atoms with Crippen LogP contribution in [0, 0.1) is 36.2 Å². The minimum atomic E-state index is -4.86. The average molecular weight is 1320 g/mol. The second-order valence-electron chi connectivity index (χ2n) is 24.5. The van der Waals surface area contributed by atoms with Gasteiger partial charge in [0.25, 0.3) is 6.33 Å². The maximum absolute atomic E-state index is 10.9. The molecule has 0 radical (unpaired) electrons. The van der Waals surface area contributed by atoms with Crippen LogP contribution in [0.15, 0.2) is 146 Å². The first-order chi connectivity index (χ1) is 55.2. The van der Waals surface area contributed by atoms with E-state index < -0.39 is 194 Å². The summed E-state index contributed by atoms with van der Waals surface area (Å²) < 4.78 is 373. The minimum Gasteiger partial charge on any atom is -0.510 e. The van der Waals surface area contributed by atoms with Crippen molar-refractivity contribution in [2.24, 2.45) is 17.8 Å². The number of para-hydroxylation sites is 3. The largest absolute Gasteiger partial charge is 0.510 e. The van der Waals surface area contributed by atoms with Crippen LogP contribution in [0.2, 0.25) is 0 Å². The topological polar surface area (TPSA) is 35.9 Å². The fraction of sp³-hybridized carbons (Fsp3) is 0.385. The van der Waals surface area contributed by atoms with E-state index in [2.05, 4.69) is 39.2 Å². The Balaban J connectivity index is 0.0000121. The molecule has 3 heterocycles. The summed E-state index contributed by atoms with van der Waals surface area (Å²) in [6.45, 7) is -30.3. The van der Waals surface area contributed by atoms with Gasteiger partial charge in [-0.25, -0.2) is 4.98 Å². The van der Waals surface area contributed by atoms with Crippen LogP contribution in [-0.2, 0) is 53.6 Å². The fourth-order valence-corrected chi connectivity index (χ4v) is 14.2. The van der Waals surface area contributed by atoms with Crippen LogP contribution in [0.25, 0.3) is 72.3 Å². The van der Waals surface area contributed by atoms with Gasteiger partial charge in [-0.3, -0.25) is 4.57 Å². The van der Waals surface area contributed by atoms with E-state index in [9.17, 15) is 35.6 Å². The van der Waals surface area contributed by atoms with E-state index in [0.29, 0.717) is 30.6 Å². The molecule has 0 amide bonds. The van der Waals surface area contributed by atoms with Gasteiger partial charge in [0.05, 0.1) is 24.9 Å². The zero-order valence-electron chi connectivity index (χ0n) is 83.9. The summed E-state index contributed by atoms with van der Waals surface area (Å²) >= 11 is 0. The van der Waals surface area contributed by atoms with E-state index in [1.807, 2.05) is 47.0 Å². The standard InChI is InChI=1S/C78H80N4O.Pt/c1-73(2,3)54-29-34-79-71(42-54)82-67-20-13-12-19-59(67)60-26-25-58(44-70(60)82)83-57-18-16-17-56(43-57)80-48-81(69-22-15-14-21-68(69)80)72-61(52-23-27-63-65(38-52)76(8,9)32-30-74(63,4)5)40-55(78-45-49-35-50(46-78)37-51(36-49)47-78)41-62(72)53-24-28-64-66(39-53)77(10,11)33-31-75(64,6)7;/h12-29,34,38-42,49-51H,30-33,35-37,45-47H2,1-11H3;/q-2;/i4D3,5D3,6D3,7D3,8D3,9D3,10D3,11D3,23D,24D,27D,28D,30D2,31D2,32D2,33D2,38D,39D;. The predicted molar refractivity (Wildman–Crippen MR) is 340 cm³/mol. The van der Waals surface area contributed by atoms with Crippen molar-refractivity contribution in [3.8, 4) is 50.9 Å². The monoisotopic (exact) mass is 1320 g/mol. The van der Waals surface area contributed by atoms with Crippen molar-refractivity contribution in [1.29, 1.82) is 0 Å². The van der Waals surface area contributed by atoms with Crippen molar-refractivity contribution in [2.45, 2.75) is 172 Å². The van der Waals surface area contributed by atoms with E-state index in [4.69, 9.17) is 26.2 Å². The molecule has 3 aromatic heterocycles. The van der Waals surface area contributed by atoms with Crippen molar-refractivity contribution >= 4 is 32.8 Å². The Morgan fingerprint density at radius 2 is 1.19 bits per heavy atom. The molecular weight excluding hydrogens is 1200 g/mol. The summed E-state index contributed by atoms with van der Waals surface area (Å²) in [7, 11) is 0. The van der Waals surface area contributed by atoms with E-state index in [1.165, 1.54) is 59.2 Å². The molecule has 16 rings (SSSR count). The van der Waals surface area contributed by atoms with E-state index in [-0.39, 0.29) is 97.3 Å². The van der Waals surface area contributed by atoms with Gasteiger partial charge in [-0.2, -0.15) is 18.2 Å². The van der Waals surface area contributed by atoms with Crippen LogP contribution in [0.1, 0.15) is 225 Å². The molecule has 0 atom stereocenters. The first-order valence-electron chi connectivity index (χ1n) is 46.8. The van der Waals surface area contributed by atoms with E-state index >= 15 is 0 Å². The summed E-state index contributed by atoms with van der Waals surface area (Å²) in [5.74, 6) is 0.400. The maximum atomic E-state index is 10.9. The Bertz CT molecular complexity index is 5700. The molecule has 4 bridgehead atoms. The summed E-state index contributed by atoms with van der Waals surface area (Å²) in [6, 6.07) is 24.5. The number of fused-ring (bicyclic) bond motifs is 6. The number of benzene rings is 7. The SMILES string of the molecule is [2H]c1c([2H])c2c(c([2H])c1-c1cc(C34CC5CC(CC(C5)C3)C4)cc(-c3c([2H])c([2H])c4c(c3[2H])C(C([2H])([2H])[2H])(C([2H])([2H])[2H])C([2H])([2H])C([2H])([2H])C4(C([2H])([2H])[2H])C([2H])([2H])[2H])c1-[n+]1[c-]n(-c3[c-]c(Oc4[c-]c5c(cc4)c4ccccc4n5-c4cc(C(C)(C)C)ccn4)ccc3)c3ccccc31)C(C([2H])([2H])[2H])(C([2H])([2H])[2H])C([2H])([2H])C([2H])([2H])C2(C([2H])([2H])[2H])C([2H])([2H])[2H].[Pt]. The summed E-state index contributed by atoms with van der Waals surface area (Å²) in [5.41, 5.74) is -30.3. The number of ether oxygens (including phenoxy) is 1. The van der Waals surface area contributed by atoms with Crippen LogP contribution in [0.5, 0.6) is 11.5 Å². The van der Waals surface area contributed by atoms with Crippen LogP contribution in [0.4, 0.5) is 0 Å². The van der Waals surface area contributed by atoms with Gasteiger partial charge in [-0.1, -0.05) is 172 Å². The van der Waals surface area contributed by atoms with Gasteiger partial charge in [0, 0.05) is 88.1 Å². The Kier molecular flexibility index (Phi) is 6.36. The van der Waals surface area contributed by atoms with Crippen LogP contribution in [0.3, 0.4) is 0 Å². The van der Waals surface area contributed by atoms with Gasteiger partial charge >= 0.3 is 0 Å². The fourth-order valence-electron chi connectivity index (χ4n) is 14.2. The van der Waals surface area contributed by atoms with Crippen LogP contribution in [-0.4, -0.2) is 14.1 Å². The van der Waals surface area contributed by atoms with Gasteiger partial charge < -0.3 is 13.9 Å². The van der Waals surface area contributed by atoms with Crippen LogP contribution >= 0.6 is 0 Å². The van der Waals surface area contributed by atoms with E-state index in [0.717, 1.165) is 26.4 Å². The Morgan fingerprint density at radius 1 is 0.619 bits per heavy atom. The molecule has 5 nitrogen and oxygen atoms in total. The molecule has 0 spiro atoms. The average Bonchev–Trinajstić information content (AvgIpc) is 0.679. The molecule has 0 saturated heterocycles.